The molecule has 3 heterocycles. The van der Waals surface area contributed by atoms with Crippen LogP contribution < -0.4 is 4.74 Å². The van der Waals surface area contributed by atoms with Gasteiger partial charge in [-0.05, 0) is 70.5 Å². The van der Waals surface area contributed by atoms with Gasteiger partial charge in [-0.15, -0.1) is 5.10 Å². The van der Waals surface area contributed by atoms with E-state index in [4.69, 9.17) is 32.5 Å². The van der Waals surface area contributed by atoms with Crippen LogP contribution in [-0.2, 0) is 0 Å². The van der Waals surface area contributed by atoms with Crippen molar-refractivity contribution in [2.24, 2.45) is 0 Å². The number of halogens is 3. The molecule has 0 bridgehead atoms. The minimum Gasteiger partial charge on any atom is -0.457 e. The molecular formula is C20H10BrCl2N5O2. The van der Waals surface area contributed by atoms with Gasteiger partial charge in [0.25, 0.3) is 5.89 Å². The van der Waals surface area contributed by atoms with Gasteiger partial charge in [-0.1, -0.05) is 28.4 Å². The zero-order chi connectivity index (χ0) is 20.7. The number of pyridine rings is 1. The van der Waals surface area contributed by atoms with Crippen LogP contribution in [0.5, 0.6) is 11.5 Å². The topological polar surface area (TPSA) is 78.3 Å². The molecule has 148 valence electrons. The molecule has 0 fully saturated rings. The second-order valence-corrected chi connectivity index (χ2v) is 8.03. The van der Waals surface area contributed by atoms with E-state index in [2.05, 4.69) is 36.2 Å². The van der Waals surface area contributed by atoms with Crippen molar-refractivity contribution in [2.75, 3.05) is 0 Å². The summed E-state index contributed by atoms with van der Waals surface area (Å²) in [5.74, 6) is 2.17. The Morgan fingerprint density at radius 3 is 2.40 bits per heavy atom. The molecule has 0 saturated carbocycles. The molecule has 0 N–H and O–H groups in total. The first-order chi connectivity index (χ1) is 14.5. The normalized spacial score (nSPS) is 11.2. The summed E-state index contributed by atoms with van der Waals surface area (Å²) < 4.78 is 13.7. The number of benzene rings is 2. The van der Waals surface area contributed by atoms with E-state index in [1.807, 2.05) is 24.3 Å². The first-order valence-electron chi connectivity index (χ1n) is 8.64. The number of aromatic nitrogens is 5. The van der Waals surface area contributed by atoms with Crippen molar-refractivity contribution in [3.8, 4) is 34.6 Å². The van der Waals surface area contributed by atoms with E-state index in [0.29, 0.717) is 38.8 Å². The first-order valence-corrected chi connectivity index (χ1v) is 10.2. The molecule has 10 heteroatoms. The number of hydrogen-bond donors (Lipinski definition) is 0. The molecule has 0 aliphatic rings. The smallest absolute Gasteiger partial charge is 0.297 e. The Morgan fingerprint density at radius 2 is 1.63 bits per heavy atom. The highest BCUT2D eigenvalue weighted by atomic mass is 79.9. The fraction of sp³-hybridized carbons (Fsp3) is 0. The van der Waals surface area contributed by atoms with E-state index in [1.165, 1.54) is 0 Å². The molecule has 30 heavy (non-hydrogen) atoms. The SMILES string of the molecule is Clc1cc(Cl)cc(Oc2ccc(-c3noc(-c4nc5ccc(Br)cn5n4)n3)cc2)c1. The van der Waals surface area contributed by atoms with Crippen LogP contribution in [0.1, 0.15) is 0 Å². The Bertz CT molecular complexity index is 1350. The largest absolute Gasteiger partial charge is 0.457 e. The fourth-order valence-corrected chi connectivity index (χ4v) is 3.61. The van der Waals surface area contributed by atoms with Crippen LogP contribution in [0.4, 0.5) is 0 Å². The quantitative estimate of drug-likeness (QED) is 0.286. The number of ether oxygens (including phenoxy) is 1. The van der Waals surface area contributed by atoms with Crippen LogP contribution in [0.15, 0.2) is 69.8 Å². The Morgan fingerprint density at radius 1 is 0.867 bits per heavy atom. The number of rotatable bonds is 4. The van der Waals surface area contributed by atoms with Crippen molar-refractivity contribution >= 4 is 44.8 Å². The maximum atomic E-state index is 6.00. The van der Waals surface area contributed by atoms with E-state index >= 15 is 0 Å². The van der Waals surface area contributed by atoms with Crippen molar-refractivity contribution in [3.05, 3.63) is 75.3 Å². The molecule has 0 unspecified atom stereocenters. The van der Waals surface area contributed by atoms with Crippen molar-refractivity contribution in [3.63, 3.8) is 0 Å². The lowest BCUT2D eigenvalue weighted by molar-refractivity contribution is 0.429. The molecule has 0 aliphatic carbocycles. The highest BCUT2D eigenvalue weighted by Crippen LogP contribution is 2.30. The first kappa shape index (κ1) is 19.0. The predicted octanol–water partition coefficient (Wildman–Crippen LogP) is 6.31. The van der Waals surface area contributed by atoms with Crippen LogP contribution in [0.25, 0.3) is 28.8 Å². The van der Waals surface area contributed by atoms with Crippen LogP contribution in [-0.4, -0.2) is 24.7 Å². The Labute approximate surface area is 188 Å². The van der Waals surface area contributed by atoms with Gasteiger partial charge in [0.1, 0.15) is 11.5 Å². The average Bonchev–Trinajstić information content (AvgIpc) is 3.34. The molecule has 0 radical (unpaired) electrons. The van der Waals surface area contributed by atoms with Gasteiger partial charge in [-0.25, -0.2) is 9.50 Å². The van der Waals surface area contributed by atoms with Gasteiger partial charge in [-0.3, -0.25) is 0 Å². The third kappa shape index (κ3) is 3.89. The number of fused-ring (bicyclic) bond motifs is 1. The van der Waals surface area contributed by atoms with Crippen molar-refractivity contribution in [1.29, 1.82) is 0 Å². The lowest BCUT2D eigenvalue weighted by Crippen LogP contribution is -1.87. The molecule has 7 nitrogen and oxygen atoms in total. The molecule has 5 rings (SSSR count). The Kier molecular flexibility index (Phi) is 4.90. The zero-order valence-corrected chi connectivity index (χ0v) is 18.1. The standard InChI is InChI=1S/C20H10BrCl2N5O2/c21-12-3-6-17-24-19(26-28(17)10-12)20-25-18(27-30-20)11-1-4-15(5-2-11)29-16-8-13(22)7-14(23)9-16/h1-10H. The summed E-state index contributed by atoms with van der Waals surface area (Å²) in [5.41, 5.74) is 1.43. The maximum absolute atomic E-state index is 6.00. The minimum absolute atomic E-state index is 0.235. The van der Waals surface area contributed by atoms with E-state index in [9.17, 15) is 0 Å². The molecule has 0 atom stereocenters. The molecule has 5 aromatic rings. The molecule has 0 saturated heterocycles. The molecule has 0 spiro atoms. The van der Waals surface area contributed by atoms with E-state index in [1.54, 1.807) is 41.0 Å². The summed E-state index contributed by atoms with van der Waals surface area (Å²) in [5, 5.41) is 9.39. The van der Waals surface area contributed by atoms with Gasteiger partial charge in [0.05, 0.1) is 0 Å². The van der Waals surface area contributed by atoms with Gasteiger partial charge in [0.15, 0.2) is 5.65 Å². The zero-order valence-electron chi connectivity index (χ0n) is 15.0. The predicted molar refractivity (Wildman–Crippen MR) is 116 cm³/mol. The minimum atomic E-state index is 0.235. The van der Waals surface area contributed by atoms with Gasteiger partial charge in [-0.2, -0.15) is 4.98 Å². The monoisotopic (exact) mass is 501 g/mol. The number of nitrogens with zero attached hydrogens (tertiary/aromatic N) is 5. The molecule has 3 aromatic heterocycles. The summed E-state index contributed by atoms with van der Waals surface area (Å²) >= 11 is 15.4. The van der Waals surface area contributed by atoms with Crippen molar-refractivity contribution in [2.45, 2.75) is 0 Å². The van der Waals surface area contributed by atoms with Gasteiger partial charge >= 0.3 is 0 Å². The Balaban J connectivity index is 1.37. The van der Waals surface area contributed by atoms with Crippen molar-refractivity contribution in [1.82, 2.24) is 24.7 Å². The Hall–Kier alpha value is -2.94. The van der Waals surface area contributed by atoms with Crippen LogP contribution in [0, 0.1) is 0 Å². The van der Waals surface area contributed by atoms with Crippen LogP contribution >= 0.6 is 39.1 Å². The fourth-order valence-electron chi connectivity index (χ4n) is 2.78. The second kappa shape index (κ2) is 7.71. The van der Waals surface area contributed by atoms with Crippen molar-refractivity contribution < 1.29 is 9.26 Å². The lowest BCUT2D eigenvalue weighted by Gasteiger charge is -2.07. The highest BCUT2D eigenvalue weighted by molar-refractivity contribution is 9.10. The molecule has 2 aromatic carbocycles. The van der Waals surface area contributed by atoms with Gasteiger partial charge in [0, 0.05) is 26.3 Å². The molecule has 0 aliphatic heterocycles. The van der Waals surface area contributed by atoms with E-state index in [0.717, 1.165) is 10.0 Å². The third-order valence-corrected chi connectivity index (χ3v) is 5.00. The summed E-state index contributed by atoms with van der Waals surface area (Å²) in [7, 11) is 0. The molecular weight excluding hydrogens is 493 g/mol. The van der Waals surface area contributed by atoms with E-state index in [-0.39, 0.29) is 5.89 Å². The number of hydrogen-bond acceptors (Lipinski definition) is 6. The van der Waals surface area contributed by atoms with Gasteiger partial charge < -0.3 is 9.26 Å². The van der Waals surface area contributed by atoms with Gasteiger partial charge in [0.2, 0.25) is 11.6 Å². The highest BCUT2D eigenvalue weighted by Gasteiger charge is 2.16. The summed E-state index contributed by atoms with van der Waals surface area (Å²) in [6.45, 7) is 0. The summed E-state index contributed by atoms with van der Waals surface area (Å²) in [4.78, 5) is 8.80. The van der Waals surface area contributed by atoms with Crippen LogP contribution in [0.2, 0.25) is 10.0 Å². The summed E-state index contributed by atoms with van der Waals surface area (Å²) in [6, 6.07) is 16.0. The maximum Gasteiger partial charge on any atom is 0.297 e. The van der Waals surface area contributed by atoms with E-state index < -0.39 is 0 Å². The second-order valence-electron chi connectivity index (χ2n) is 6.24. The van der Waals surface area contributed by atoms with Crippen LogP contribution in [0.3, 0.4) is 0 Å². The third-order valence-electron chi connectivity index (χ3n) is 4.10. The molecule has 0 amide bonds. The lowest BCUT2D eigenvalue weighted by atomic mass is 10.2. The average molecular weight is 503 g/mol. The summed E-state index contributed by atoms with van der Waals surface area (Å²) in [6.07, 6.45) is 1.80.